The van der Waals surface area contributed by atoms with E-state index in [4.69, 9.17) is 16.3 Å². The Kier molecular flexibility index (Phi) is 5.25. The lowest BCUT2D eigenvalue weighted by Gasteiger charge is -2.18. The molecule has 17 heavy (non-hydrogen) atoms. The predicted molar refractivity (Wildman–Crippen MR) is 70.0 cm³/mol. The number of ether oxygens (including phenoxy) is 1. The molecule has 0 aliphatic heterocycles. The van der Waals surface area contributed by atoms with Crippen LogP contribution in [0.3, 0.4) is 0 Å². The SMILES string of the molecule is CCOc1ccc(N(C)C(=O)CNC)cc1Cl. The summed E-state index contributed by atoms with van der Waals surface area (Å²) in [5, 5.41) is 3.32. The Hall–Kier alpha value is -1.26. The van der Waals surface area contributed by atoms with Crippen molar-refractivity contribution >= 4 is 23.2 Å². The number of carbonyl (C=O) groups is 1. The van der Waals surface area contributed by atoms with Crippen molar-refractivity contribution in [1.82, 2.24) is 5.32 Å². The number of hydrogen-bond acceptors (Lipinski definition) is 3. The molecule has 0 saturated heterocycles. The van der Waals surface area contributed by atoms with Crippen LogP contribution in [0.25, 0.3) is 0 Å². The molecule has 94 valence electrons. The summed E-state index contributed by atoms with van der Waals surface area (Å²) in [6.07, 6.45) is 0. The van der Waals surface area contributed by atoms with E-state index in [-0.39, 0.29) is 5.91 Å². The maximum atomic E-state index is 11.7. The van der Waals surface area contributed by atoms with Crippen molar-refractivity contribution in [3.8, 4) is 5.75 Å². The van der Waals surface area contributed by atoms with Gasteiger partial charge in [0.2, 0.25) is 5.91 Å². The van der Waals surface area contributed by atoms with Crippen LogP contribution >= 0.6 is 11.6 Å². The van der Waals surface area contributed by atoms with Gasteiger partial charge in [-0.25, -0.2) is 0 Å². The molecule has 0 saturated carbocycles. The van der Waals surface area contributed by atoms with E-state index in [9.17, 15) is 4.79 Å². The number of benzene rings is 1. The number of anilines is 1. The Morgan fingerprint density at radius 1 is 1.53 bits per heavy atom. The highest BCUT2D eigenvalue weighted by atomic mass is 35.5. The van der Waals surface area contributed by atoms with Crippen molar-refractivity contribution in [2.45, 2.75) is 6.92 Å². The van der Waals surface area contributed by atoms with Gasteiger partial charge in [0, 0.05) is 12.7 Å². The third-order valence-corrected chi connectivity index (χ3v) is 2.60. The van der Waals surface area contributed by atoms with E-state index >= 15 is 0 Å². The minimum absolute atomic E-state index is 0.0206. The third kappa shape index (κ3) is 3.61. The summed E-state index contributed by atoms with van der Waals surface area (Å²) in [5.74, 6) is 0.611. The highest BCUT2D eigenvalue weighted by Gasteiger charge is 2.11. The minimum Gasteiger partial charge on any atom is -0.492 e. The minimum atomic E-state index is -0.0206. The monoisotopic (exact) mass is 256 g/mol. The quantitative estimate of drug-likeness (QED) is 0.875. The van der Waals surface area contributed by atoms with Gasteiger partial charge in [-0.3, -0.25) is 4.79 Å². The highest BCUT2D eigenvalue weighted by Crippen LogP contribution is 2.29. The Balaban J connectivity index is 2.85. The van der Waals surface area contributed by atoms with Gasteiger partial charge in [0.15, 0.2) is 0 Å². The van der Waals surface area contributed by atoms with E-state index in [1.165, 1.54) is 0 Å². The molecular formula is C12H17ClN2O2. The van der Waals surface area contributed by atoms with Crippen molar-refractivity contribution in [2.75, 3.05) is 32.1 Å². The molecule has 1 rings (SSSR count). The predicted octanol–water partition coefficient (Wildman–Crippen LogP) is 1.92. The van der Waals surface area contributed by atoms with Gasteiger partial charge in [0.25, 0.3) is 0 Å². The van der Waals surface area contributed by atoms with Gasteiger partial charge in [-0.1, -0.05) is 11.6 Å². The van der Waals surface area contributed by atoms with Gasteiger partial charge in [-0.15, -0.1) is 0 Å². The Morgan fingerprint density at radius 3 is 2.76 bits per heavy atom. The maximum absolute atomic E-state index is 11.7. The molecule has 0 aliphatic carbocycles. The first-order valence-electron chi connectivity index (χ1n) is 5.43. The lowest BCUT2D eigenvalue weighted by Crippen LogP contribution is -2.34. The molecule has 1 amide bonds. The molecule has 0 fully saturated rings. The van der Waals surface area contributed by atoms with Crippen molar-refractivity contribution in [1.29, 1.82) is 0 Å². The average Bonchev–Trinajstić information content (AvgIpc) is 2.31. The van der Waals surface area contributed by atoms with Crippen LogP contribution in [0.1, 0.15) is 6.92 Å². The molecule has 0 aromatic heterocycles. The standard InChI is InChI=1S/C12H17ClN2O2/c1-4-17-11-6-5-9(7-10(11)13)15(3)12(16)8-14-2/h5-7,14H,4,8H2,1-3H3. The summed E-state index contributed by atoms with van der Waals surface area (Å²) in [6, 6.07) is 5.30. The van der Waals surface area contributed by atoms with Gasteiger partial charge in [0.05, 0.1) is 18.2 Å². The first-order chi connectivity index (χ1) is 8.10. The molecule has 1 aromatic rings. The Morgan fingerprint density at radius 2 is 2.24 bits per heavy atom. The van der Waals surface area contributed by atoms with Crippen LogP contribution in [0.5, 0.6) is 5.75 Å². The fourth-order valence-electron chi connectivity index (χ4n) is 1.38. The first-order valence-corrected chi connectivity index (χ1v) is 5.81. The van der Waals surface area contributed by atoms with E-state index in [1.54, 1.807) is 31.1 Å². The van der Waals surface area contributed by atoms with Gasteiger partial charge >= 0.3 is 0 Å². The lowest BCUT2D eigenvalue weighted by molar-refractivity contribution is -0.117. The summed E-state index contributed by atoms with van der Waals surface area (Å²) in [6.45, 7) is 2.75. The average molecular weight is 257 g/mol. The lowest BCUT2D eigenvalue weighted by atomic mass is 10.2. The van der Waals surface area contributed by atoms with E-state index in [2.05, 4.69) is 5.32 Å². The van der Waals surface area contributed by atoms with Crippen molar-refractivity contribution in [2.24, 2.45) is 0 Å². The second-order valence-electron chi connectivity index (χ2n) is 3.53. The molecule has 0 radical (unpaired) electrons. The van der Waals surface area contributed by atoms with E-state index in [0.29, 0.717) is 23.9 Å². The Labute approximate surface area is 107 Å². The summed E-state index contributed by atoms with van der Waals surface area (Å²) in [7, 11) is 3.45. The number of hydrogen-bond donors (Lipinski definition) is 1. The molecule has 0 unspecified atom stereocenters. The largest absolute Gasteiger partial charge is 0.492 e. The van der Waals surface area contributed by atoms with Gasteiger partial charge in [0.1, 0.15) is 5.75 Å². The topological polar surface area (TPSA) is 41.6 Å². The molecule has 4 nitrogen and oxygen atoms in total. The zero-order valence-electron chi connectivity index (χ0n) is 10.3. The summed E-state index contributed by atoms with van der Waals surface area (Å²) >= 11 is 6.06. The number of amides is 1. The number of likely N-dealkylation sites (N-methyl/N-ethyl adjacent to an activating group) is 2. The molecule has 0 heterocycles. The fraction of sp³-hybridized carbons (Fsp3) is 0.417. The highest BCUT2D eigenvalue weighted by molar-refractivity contribution is 6.32. The molecule has 0 bridgehead atoms. The Bertz CT molecular complexity index is 396. The van der Waals surface area contributed by atoms with Crippen LogP contribution in [-0.4, -0.2) is 33.2 Å². The molecular weight excluding hydrogens is 240 g/mol. The number of halogens is 1. The molecule has 0 atom stereocenters. The number of rotatable bonds is 5. The zero-order chi connectivity index (χ0) is 12.8. The summed E-state index contributed by atoms with van der Waals surface area (Å²) < 4.78 is 5.33. The van der Waals surface area contributed by atoms with Gasteiger partial charge in [-0.05, 0) is 32.2 Å². The van der Waals surface area contributed by atoms with E-state index in [1.807, 2.05) is 13.0 Å². The smallest absolute Gasteiger partial charge is 0.240 e. The maximum Gasteiger partial charge on any atom is 0.240 e. The van der Waals surface area contributed by atoms with Crippen molar-refractivity contribution in [3.63, 3.8) is 0 Å². The van der Waals surface area contributed by atoms with Crippen LogP contribution in [0.2, 0.25) is 5.02 Å². The van der Waals surface area contributed by atoms with Crippen LogP contribution in [0.15, 0.2) is 18.2 Å². The molecule has 1 aromatic carbocycles. The number of nitrogens with zero attached hydrogens (tertiary/aromatic N) is 1. The summed E-state index contributed by atoms with van der Waals surface area (Å²) in [5.41, 5.74) is 0.749. The second kappa shape index (κ2) is 6.47. The fourth-order valence-corrected chi connectivity index (χ4v) is 1.61. The van der Waals surface area contributed by atoms with Gasteiger partial charge < -0.3 is 15.0 Å². The normalized spacial score (nSPS) is 10.1. The van der Waals surface area contributed by atoms with Crippen molar-refractivity contribution < 1.29 is 9.53 Å². The molecule has 0 aliphatic rings. The third-order valence-electron chi connectivity index (χ3n) is 2.30. The molecule has 0 spiro atoms. The van der Waals surface area contributed by atoms with E-state index in [0.717, 1.165) is 5.69 Å². The van der Waals surface area contributed by atoms with Crippen molar-refractivity contribution in [3.05, 3.63) is 23.2 Å². The van der Waals surface area contributed by atoms with Crippen LogP contribution in [0.4, 0.5) is 5.69 Å². The van der Waals surface area contributed by atoms with Crippen LogP contribution in [0, 0.1) is 0 Å². The molecule has 1 N–H and O–H groups in total. The van der Waals surface area contributed by atoms with Crippen LogP contribution < -0.4 is 15.0 Å². The second-order valence-corrected chi connectivity index (χ2v) is 3.94. The van der Waals surface area contributed by atoms with E-state index < -0.39 is 0 Å². The van der Waals surface area contributed by atoms with Crippen LogP contribution in [-0.2, 0) is 4.79 Å². The van der Waals surface area contributed by atoms with Gasteiger partial charge in [-0.2, -0.15) is 0 Å². The number of carbonyl (C=O) groups excluding carboxylic acids is 1. The number of nitrogens with one attached hydrogen (secondary N) is 1. The summed E-state index contributed by atoms with van der Waals surface area (Å²) in [4.78, 5) is 13.2. The first kappa shape index (κ1) is 13.8. The molecule has 5 heteroatoms. The zero-order valence-corrected chi connectivity index (χ0v) is 11.0.